The zero-order valence-corrected chi connectivity index (χ0v) is 18.7. The van der Waals surface area contributed by atoms with Gasteiger partial charge in [-0.3, -0.25) is 4.90 Å². The fraction of sp³-hybridized carbons (Fsp3) is 0.200. The number of rotatable bonds is 6. The first-order valence-electron chi connectivity index (χ1n) is 10.4. The summed E-state index contributed by atoms with van der Waals surface area (Å²) in [6.45, 7) is 2.08. The highest BCUT2D eigenvalue weighted by Gasteiger charge is 2.27. The Hall–Kier alpha value is -2.51. The Bertz CT molecular complexity index is 1300. The van der Waals surface area contributed by atoms with E-state index in [4.69, 9.17) is 0 Å². The number of hydrogen-bond acceptors (Lipinski definition) is 4. The van der Waals surface area contributed by atoms with Crippen LogP contribution in [0.1, 0.15) is 22.7 Å². The standard InChI is InChI=1S/C25H24N2O2S2/c28-31(29,24-10-9-19-5-1-3-7-21(19)15-24)26-16-25(23-12-14-30-18-23)27-13-11-20-6-2-4-8-22(20)17-27/h1-10,12,14-15,18,25-26H,11,13,16-17H2. The normalized spacial score (nSPS) is 15.6. The summed E-state index contributed by atoms with van der Waals surface area (Å²) in [5, 5.41) is 6.13. The zero-order valence-electron chi connectivity index (χ0n) is 17.1. The predicted molar refractivity (Wildman–Crippen MR) is 127 cm³/mol. The summed E-state index contributed by atoms with van der Waals surface area (Å²) in [5.74, 6) is 0. The van der Waals surface area contributed by atoms with Gasteiger partial charge >= 0.3 is 0 Å². The van der Waals surface area contributed by atoms with Crippen molar-refractivity contribution in [3.63, 3.8) is 0 Å². The first-order chi connectivity index (χ1) is 15.1. The lowest BCUT2D eigenvalue weighted by Gasteiger charge is -2.35. The van der Waals surface area contributed by atoms with Crippen LogP contribution in [0.4, 0.5) is 0 Å². The predicted octanol–water partition coefficient (Wildman–Crippen LogP) is 4.98. The minimum Gasteiger partial charge on any atom is -0.290 e. The molecule has 31 heavy (non-hydrogen) atoms. The molecule has 0 amide bonds. The Kier molecular flexibility index (Phi) is 5.63. The summed E-state index contributed by atoms with van der Waals surface area (Å²) in [5.41, 5.74) is 3.87. The van der Waals surface area contributed by atoms with Gasteiger partial charge in [-0.15, -0.1) is 0 Å². The lowest BCUT2D eigenvalue weighted by Crippen LogP contribution is -2.40. The van der Waals surface area contributed by atoms with Crippen LogP contribution in [0.15, 0.2) is 88.5 Å². The van der Waals surface area contributed by atoms with Crippen molar-refractivity contribution in [2.75, 3.05) is 13.1 Å². The maximum absolute atomic E-state index is 13.1. The SMILES string of the molecule is O=S(=O)(NCC(c1ccsc1)N1CCc2ccccc2C1)c1ccc2ccccc2c1. The Labute approximate surface area is 187 Å². The minimum atomic E-state index is -3.61. The topological polar surface area (TPSA) is 49.4 Å². The zero-order chi connectivity index (χ0) is 21.3. The van der Waals surface area contributed by atoms with Crippen molar-refractivity contribution in [3.05, 3.63) is 100 Å². The molecule has 0 saturated heterocycles. The fourth-order valence-electron chi connectivity index (χ4n) is 4.31. The number of nitrogens with one attached hydrogen (secondary N) is 1. The average Bonchev–Trinajstić information content (AvgIpc) is 3.33. The highest BCUT2D eigenvalue weighted by molar-refractivity contribution is 7.89. The summed E-state index contributed by atoms with van der Waals surface area (Å²) < 4.78 is 29.1. The molecule has 3 aromatic carbocycles. The molecule has 0 spiro atoms. The molecule has 0 bridgehead atoms. The van der Waals surface area contributed by atoms with Gasteiger partial charge in [0.15, 0.2) is 0 Å². The van der Waals surface area contributed by atoms with Crippen LogP contribution < -0.4 is 4.72 Å². The highest BCUT2D eigenvalue weighted by atomic mass is 32.2. The molecule has 1 unspecified atom stereocenters. The number of nitrogens with zero attached hydrogens (tertiary/aromatic N) is 1. The van der Waals surface area contributed by atoms with E-state index in [0.717, 1.165) is 35.8 Å². The Balaban J connectivity index is 1.38. The number of fused-ring (bicyclic) bond motifs is 2. The molecule has 1 aliphatic heterocycles. The maximum Gasteiger partial charge on any atom is 0.240 e. The first-order valence-corrected chi connectivity index (χ1v) is 12.8. The van der Waals surface area contributed by atoms with Crippen LogP contribution >= 0.6 is 11.3 Å². The third-order valence-corrected chi connectivity index (χ3v) is 8.15. The van der Waals surface area contributed by atoms with E-state index in [2.05, 4.69) is 50.7 Å². The van der Waals surface area contributed by atoms with Gasteiger partial charge in [0, 0.05) is 25.7 Å². The number of benzene rings is 3. The van der Waals surface area contributed by atoms with Gasteiger partial charge in [0.25, 0.3) is 0 Å². The average molecular weight is 449 g/mol. The molecule has 158 valence electrons. The lowest BCUT2D eigenvalue weighted by molar-refractivity contribution is 0.181. The van der Waals surface area contributed by atoms with Crippen molar-refractivity contribution >= 4 is 32.1 Å². The summed E-state index contributed by atoms with van der Waals surface area (Å²) in [6, 6.07) is 23.7. The van der Waals surface area contributed by atoms with Crippen molar-refractivity contribution in [3.8, 4) is 0 Å². The van der Waals surface area contributed by atoms with Crippen LogP contribution in [0.2, 0.25) is 0 Å². The smallest absolute Gasteiger partial charge is 0.240 e. The second-order valence-corrected chi connectivity index (χ2v) is 10.5. The van der Waals surface area contributed by atoms with E-state index < -0.39 is 10.0 Å². The molecule has 1 aliphatic rings. The largest absolute Gasteiger partial charge is 0.290 e. The Morgan fingerprint density at radius 2 is 1.71 bits per heavy atom. The van der Waals surface area contributed by atoms with Crippen molar-refractivity contribution in [2.45, 2.75) is 23.9 Å². The van der Waals surface area contributed by atoms with Gasteiger partial charge in [-0.1, -0.05) is 54.6 Å². The van der Waals surface area contributed by atoms with Crippen LogP contribution in [0.3, 0.4) is 0 Å². The van der Waals surface area contributed by atoms with E-state index >= 15 is 0 Å². The van der Waals surface area contributed by atoms with E-state index in [1.54, 1.807) is 23.5 Å². The molecule has 0 saturated carbocycles. The number of sulfonamides is 1. The van der Waals surface area contributed by atoms with Gasteiger partial charge in [0.05, 0.1) is 4.90 Å². The van der Waals surface area contributed by atoms with Crippen LogP contribution in [0.5, 0.6) is 0 Å². The molecule has 0 fully saturated rings. The number of thiophene rings is 1. The monoisotopic (exact) mass is 448 g/mol. The third-order valence-electron chi connectivity index (χ3n) is 6.03. The molecule has 4 aromatic rings. The Morgan fingerprint density at radius 3 is 2.52 bits per heavy atom. The van der Waals surface area contributed by atoms with E-state index in [-0.39, 0.29) is 6.04 Å². The molecule has 1 N–H and O–H groups in total. The lowest BCUT2D eigenvalue weighted by atomic mass is 9.97. The van der Waals surface area contributed by atoms with Crippen LogP contribution in [-0.2, 0) is 23.0 Å². The molecule has 1 atom stereocenters. The van der Waals surface area contributed by atoms with E-state index in [0.29, 0.717) is 11.4 Å². The molecule has 5 rings (SSSR count). The van der Waals surface area contributed by atoms with Crippen molar-refractivity contribution in [1.82, 2.24) is 9.62 Å². The van der Waals surface area contributed by atoms with Crippen LogP contribution in [-0.4, -0.2) is 26.4 Å². The molecular formula is C25H24N2O2S2. The fourth-order valence-corrected chi connectivity index (χ4v) is 6.09. The minimum absolute atomic E-state index is 0.00478. The summed E-state index contributed by atoms with van der Waals surface area (Å²) in [6.07, 6.45) is 0.980. The van der Waals surface area contributed by atoms with Crippen molar-refractivity contribution < 1.29 is 8.42 Å². The van der Waals surface area contributed by atoms with E-state index in [9.17, 15) is 8.42 Å². The van der Waals surface area contributed by atoms with E-state index in [1.165, 1.54) is 11.1 Å². The van der Waals surface area contributed by atoms with Crippen LogP contribution in [0.25, 0.3) is 10.8 Å². The highest BCUT2D eigenvalue weighted by Crippen LogP contribution is 2.29. The third kappa shape index (κ3) is 4.29. The van der Waals surface area contributed by atoms with Gasteiger partial charge in [-0.25, -0.2) is 13.1 Å². The van der Waals surface area contributed by atoms with Gasteiger partial charge < -0.3 is 0 Å². The van der Waals surface area contributed by atoms with Crippen molar-refractivity contribution in [2.24, 2.45) is 0 Å². The summed E-state index contributed by atoms with van der Waals surface area (Å²) in [7, 11) is -3.61. The van der Waals surface area contributed by atoms with E-state index in [1.807, 2.05) is 30.3 Å². The van der Waals surface area contributed by atoms with Gasteiger partial charge in [-0.2, -0.15) is 11.3 Å². The molecule has 2 heterocycles. The number of hydrogen-bond donors (Lipinski definition) is 1. The molecule has 0 aliphatic carbocycles. The first kappa shape index (κ1) is 20.4. The van der Waals surface area contributed by atoms with Crippen LogP contribution in [0, 0.1) is 0 Å². The second kappa shape index (κ2) is 8.55. The van der Waals surface area contributed by atoms with Gasteiger partial charge in [-0.05, 0) is 62.8 Å². The molecule has 6 heteroatoms. The Morgan fingerprint density at radius 1 is 0.935 bits per heavy atom. The summed E-state index contributed by atoms with van der Waals surface area (Å²) >= 11 is 1.64. The summed E-state index contributed by atoms with van der Waals surface area (Å²) in [4.78, 5) is 2.69. The second-order valence-electron chi connectivity index (χ2n) is 7.92. The molecule has 0 radical (unpaired) electrons. The molecule has 4 nitrogen and oxygen atoms in total. The van der Waals surface area contributed by atoms with Gasteiger partial charge in [0.2, 0.25) is 10.0 Å². The molecule has 1 aromatic heterocycles. The quantitative estimate of drug-likeness (QED) is 0.453. The van der Waals surface area contributed by atoms with Crippen molar-refractivity contribution in [1.29, 1.82) is 0 Å². The molecular weight excluding hydrogens is 424 g/mol. The maximum atomic E-state index is 13.1. The van der Waals surface area contributed by atoms with Gasteiger partial charge in [0.1, 0.15) is 0 Å².